The fourth-order valence-electron chi connectivity index (χ4n) is 2.60. The lowest BCUT2D eigenvalue weighted by Crippen LogP contribution is -2.39. The molecule has 0 saturated carbocycles. The Morgan fingerprint density at radius 2 is 1.69 bits per heavy atom. The zero-order valence-electron chi connectivity index (χ0n) is 16.6. The Labute approximate surface area is 173 Å². The number of imide groups is 1. The fraction of sp³-hybridized carbons (Fsp3) is 0.238. The van der Waals surface area contributed by atoms with Gasteiger partial charge in [-0.25, -0.2) is 4.79 Å². The molecule has 29 heavy (non-hydrogen) atoms. The summed E-state index contributed by atoms with van der Waals surface area (Å²) in [4.78, 5) is 24.4. The quantitative estimate of drug-likeness (QED) is 0.602. The van der Waals surface area contributed by atoms with E-state index in [1.165, 1.54) is 0 Å². The Morgan fingerprint density at radius 1 is 1.00 bits per heavy atom. The molecular weight excluding hydrogens is 388 g/mol. The summed E-state index contributed by atoms with van der Waals surface area (Å²) < 4.78 is 5.62. The minimum atomic E-state index is -0.591. The van der Waals surface area contributed by atoms with Crippen LogP contribution < -0.4 is 10.6 Å². The molecule has 150 valence electrons. The first-order valence-electron chi connectivity index (χ1n) is 9.08. The van der Waals surface area contributed by atoms with E-state index in [1.54, 1.807) is 13.0 Å². The van der Waals surface area contributed by atoms with Crippen molar-refractivity contribution >= 4 is 29.4 Å². The van der Waals surface area contributed by atoms with Crippen LogP contribution >= 0.6 is 11.8 Å². The maximum absolute atomic E-state index is 12.3. The molecule has 0 radical (unpaired) electrons. The zero-order chi connectivity index (χ0) is 21.0. The summed E-state index contributed by atoms with van der Waals surface area (Å²) in [5, 5.41) is 12.7. The third-order valence-electron chi connectivity index (χ3n) is 4.22. The molecule has 0 aliphatic carbocycles. The van der Waals surface area contributed by atoms with Crippen molar-refractivity contribution in [1.82, 2.24) is 15.5 Å². The van der Waals surface area contributed by atoms with Crippen molar-refractivity contribution in [3.8, 4) is 11.5 Å². The van der Waals surface area contributed by atoms with Crippen molar-refractivity contribution in [2.24, 2.45) is 0 Å². The molecule has 1 aromatic heterocycles. The van der Waals surface area contributed by atoms with Gasteiger partial charge in [-0.3, -0.25) is 10.1 Å². The number of carbonyl (C=O) groups is 2. The smallest absolute Gasteiger partial charge is 0.325 e. The summed E-state index contributed by atoms with van der Waals surface area (Å²) in [5.74, 6) is -0.0694. The Bertz CT molecular complexity index is 1030. The minimum Gasteiger partial charge on any atom is -0.411 e. The van der Waals surface area contributed by atoms with Crippen LogP contribution in [0.15, 0.2) is 52.1 Å². The van der Waals surface area contributed by atoms with E-state index in [2.05, 4.69) is 20.8 Å². The second-order valence-electron chi connectivity index (χ2n) is 6.76. The number of nitrogens with one attached hydrogen (secondary N) is 2. The number of aromatic nitrogens is 2. The number of urea groups is 1. The van der Waals surface area contributed by atoms with Gasteiger partial charge < -0.3 is 9.73 Å². The number of amides is 3. The van der Waals surface area contributed by atoms with Crippen LogP contribution in [0.4, 0.5) is 10.5 Å². The molecule has 0 bridgehead atoms. The van der Waals surface area contributed by atoms with E-state index in [9.17, 15) is 9.59 Å². The van der Waals surface area contributed by atoms with Gasteiger partial charge in [-0.2, -0.15) is 0 Å². The molecule has 0 saturated heterocycles. The van der Waals surface area contributed by atoms with Gasteiger partial charge in [0.1, 0.15) is 0 Å². The summed E-state index contributed by atoms with van der Waals surface area (Å²) in [6.07, 6.45) is 0. The van der Waals surface area contributed by atoms with E-state index >= 15 is 0 Å². The first-order chi connectivity index (χ1) is 13.8. The van der Waals surface area contributed by atoms with E-state index in [0.717, 1.165) is 34.0 Å². The molecule has 0 fully saturated rings. The number of hydrogen-bond acceptors (Lipinski definition) is 6. The van der Waals surface area contributed by atoms with Crippen LogP contribution in [-0.2, 0) is 4.79 Å². The Balaban J connectivity index is 1.56. The molecule has 3 aromatic rings. The fourth-order valence-corrected chi connectivity index (χ4v) is 3.28. The SMILES string of the molecule is Cc1ccc(-c2nnc(SC(C)C(=O)NC(=O)Nc3ccc(C)cc3C)o2)cc1. The van der Waals surface area contributed by atoms with Gasteiger partial charge in [0, 0.05) is 11.3 Å². The number of hydrogen-bond donors (Lipinski definition) is 2. The Hall–Kier alpha value is -3.13. The molecule has 3 rings (SSSR count). The van der Waals surface area contributed by atoms with Gasteiger partial charge >= 0.3 is 6.03 Å². The van der Waals surface area contributed by atoms with Crippen molar-refractivity contribution < 1.29 is 14.0 Å². The van der Waals surface area contributed by atoms with Crippen molar-refractivity contribution in [3.05, 3.63) is 59.2 Å². The molecule has 1 unspecified atom stereocenters. The summed E-state index contributed by atoms with van der Waals surface area (Å²) >= 11 is 1.09. The average Bonchev–Trinajstić information content (AvgIpc) is 3.13. The molecule has 7 nitrogen and oxygen atoms in total. The van der Waals surface area contributed by atoms with Crippen LogP contribution in [0.1, 0.15) is 23.6 Å². The largest absolute Gasteiger partial charge is 0.411 e. The molecule has 2 aromatic carbocycles. The predicted octanol–water partition coefficient (Wildman–Crippen LogP) is 4.49. The highest BCUT2D eigenvalue weighted by atomic mass is 32.2. The Morgan fingerprint density at radius 3 is 2.38 bits per heavy atom. The number of nitrogens with zero attached hydrogens (tertiary/aromatic N) is 2. The first kappa shape index (κ1) is 20.6. The number of aryl methyl sites for hydroxylation is 3. The second kappa shape index (κ2) is 8.91. The van der Waals surface area contributed by atoms with Crippen LogP contribution in [0.3, 0.4) is 0 Å². The third kappa shape index (κ3) is 5.45. The summed E-state index contributed by atoms with van der Waals surface area (Å²) in [7, 11) is 0. The highest BCUT2D eigenvalue weighted by Crippen LogP contribution is 2.26. The number of carbonyl (C=O) groups excluding carboxylic acids is 2. The van der Waals surface area contributed by atoms with Gasteiger partial charge in [0.05, 0.1) is 5.25 Å². The van der Waals surface area contributed by atoms with Gasteiger partial charge in [0.15, 0.2) is 0 Å². The standard InChI is InChI=1S/C21H22N4O3S/c1-12-5-8-16(9-6-12)19-24-25-21(28-19)29-15(4)18(26)23-20(27)22-17-10-7-13(2)11-14(17)3/h5-11,15H,1-4H3,(H2,22,23,26,27). The predicted molar refractivity (Wildman–Crippen MR) is 113 cm³/mol. The molecule has 1 atom stereocenters. The van der Waals surface area contributed by atoms with Crippen LogP contribution in [0.5, 0.6) is 0 Å². The van der Waals surface area contributed by atoms with E-state index < -0.39 is 17.2 Å². The lowest BCUT2D eigenvalue weighted by Gasteiger charge is -2.12. The minimum absolute atomic E-state index is 0.262. The molecule has 3 amide bonds. The monoisotopic (exact) mass is 410 g/mol. The van der Waals surface area contributed by atoms with E-state index in [4.69, 9.17) is 4.42 Å². The second-order valence-corrected chi connectivity index (χ2v) is 8.05. The van der Waals surface area contributed by atoms with Crippen LogP contribution in [-0.4, -0.2) is 27.4 Å². The molecule has 2 N–H and O–H groups in total. The lowest BCUT2D eigenvalue weighted by molar-refractivity contribution is -0.119. The van der Waals surface area contributed by atoms with Crippen LogP contribution in [0.25, 0.3) is 11.5 Å². The van der Waals surface area contributed by atoms with Crippen LogP contribution in [0.2, 0.25) is 0 Å². The van der Waals surface area contributed by atoms with Gasteiger partial charge in [-0.05, 0) is 51.5 Å². The maximum atomic E-state index is 12.3. The first-order valence-corrected chi connectivity index (χ1v) is 9.96. The Kier molecular flexibility index (Phi) is 6.33. The van der Waals surface area contributed by atoms with Crippen molar-refractivity contribution in [3.63, 3.8) is 0 Å². The van der Waals surface area contributed by atoms with Crippen molar-refractivity contribution in [2.45, 2.75) is 38.2 Å². The summed E-state index contributed by atoms with van der Waals surface area (Å²) in [5.41, 5.74) is 4.61. The topological polar surface area (TPSA) is 97.1 Å². The summed E-state index contributed by atoms with van der Waals surface area (Å²) in [6, 6.07) is 12.8. The van der Waals surface area contributed by atoms with E-state index in [0.29, 0.717) is 11.6 Å². The van der Waals surface area contributed by atoms with Crippen molar-refractivity contribution in [2.75, 3.05) is 5.32 Å². The normalized spacial score (nSPS) is 11.7. The number of benzene rings is 2. The molecular formula is C21H22N4O3S. The molecule has 8 heteroatoms. The lowest BCUT2D eigenvalue weighted by atomic mass is 10.1. The van der Waals surface area contributed by atoms with Crippen molar-refractivity contribution in [1.29, 1.82) is 0 Å². The molecule has 0 aliphatic rings. The number of rotatable bonds is 5. The van der Waals surface area contributed by atoms with Crippen LogP contribution in [0, 0.1) is 20.8 Å². The third-order valence-corrected chi connectivity index (χ3v) is 5.15. The van der Waals surface area contributed by atoms with E-state index in [-0.39, 0.29) is 5.22 Å². The molecule has 0 aliphatic heterocycles. The molecule has 0 spiro atoms. The van der Waals surface area contributed by atoms with Gasteiger partial charge in [0.25, 0.3) is 5.22 Å². The number of thioether (sulfide) groups is 1. The zero-order valence-corrected chi connectivity index (χ0v) is 17.5. The van der Waals surface area contributed by atoms with E-state index in [1.807, 2.05) is 57.2 Å². The van der Waals surface area contributed by atoms with Gasteiger partial charge in [-0.1, -0.05) is 47.2 Å². The summed E-state index contributed by atoms with van der Waals surface area (Å²) in [6.45, 7) is 7.53. The highest BCUT2D eigenvalue weighted by Gasteiger charge is 2.21. The highest BCUT2D eigenvalue weighted by molar-refractivity contribution is 8.00. The average molecular weight is 410 g/mol. The van der Waals surface area contributed by atoms with Gasteiger partial charge in [-0.15, -0.1) is 10.2 Å². The molecule has 1 heterocycles. The number of anilines is 1. The van der Waals surface area contributed by atoms with Gasteiger partial charge in [0.2, 0.25) is 11.8 Å². The maximum Gasteiger partial charge on any atom is 0.325 e.